The van der Waals surface area contributed by atoms with Gasteiger partial charge in [0.15, 0.2) is 17.3 Å². The van der Waals surface area contributed by atoms with Gasteiger partial charge >= 0.3 is 0 Å². The van der Waals surface area contributed by atoms with E-state index >= 15 is 0 Å². The first-order valence-corrected chi connectivity index (χ1v) is 14.1. The molecule has 1 saturated heterocycles. The number of ketones is 1. The molecule has 0 aliphatic carbocycles. The Bertz CT molecular complexity index is 1850. The molecule has 1 fully saturated rings. The second kappa shape index (κ2) is 12.9. The van der Waals surface area contributed by atoms with Crippen LogP contribution >= 0.6 is 11.6 Å². The Morgan fingerprint density at radius 2 is 1.84 bits per heavy atom. The van der Waals surface area contributed by atoms with Gasteiger partial charge in [-0.05, 0) is 43.3 Å². The van der Waals surface area contributed by atoms with Crippen LogP contribution < -0.4 is 10.1 Å². The average Bonchev–Trinajstić information content (AvgIpc) is 3.57. The Balaban J connectivity index is 1.36. The molecule has 0 spiro atoms. The van der Waals surface area contributed by atoms with Crippen LogP contribution in [0.2, 0.25) is 5.02 Å². The second-order valence-corrected chi connectivity index (χ2v) is 10.8. The zero-order valence-electron chi connectivity index (χ0n) is 23.8. The highest BCUT2D eigenvalue weighted by Crippen LogP contribution is 2.27. The molecule has 11 heteroatoms. The van der Waals surface area contributed by atoms with Crippen LogP contribution in [0.3, 0.4) is 0 Å². The quantitative estimate of drug-likeness (QED) is 0.220. The molecule has 2 heterocycles. The Morgan fingerprint density at radius 1 is 1.07 bits per heavy atom. The van der Waals surface area contributed by atoms with Crippen LogP contribution in [0, 0.1) is 23.5 Å². The van der Waals surface area contributed by atoms with Crippen LogP contribution in [0.1, 0.15) is 40.4 Å². The average molecular weight is 622 g/mol. The zero-order valence-corrected chi connectivity index (χ0v) is 24.6. The lowest BCUT2D eigenvalue weighted by Crippen LogP contribution is -2.46. The van der Waals surface area contributed by atoms with Crippen molar-refractivity contribution in [3.8, 4) is 17.6 Å². The molecule has 3 aromatic carbocycles. The van der Waals surface area contributed by atoms with E-state index in [0.29, 0.717) is 22.0 Å². The first-order valence-electron chi connectivity index (χ1n) is 13.7. The minimum atomic E-state index is -1.41. The molecule has 1 aliphatic rings. The third-order valence-electron chi connectivity index (χ3n) is 7.45. The van der Waals surface area contributed by atoms with Gasteiger partial charge in [0.05, 0.1) is 24.2 Å². The highest BCUT2D eigenvalue weighted by atomic mass is 35.5. The van der Waals surface area contributed by atoms with Gasteiger partial charge in [0, 0.05) is 46.8 Å². The van der Waals surface area contributed by atoms with E-state index in [1.165, 1.54) is 44.5 Å². The number of halogens is 4. The van der Waals surface area contributed by atoms with E-state index in [4.69, 9.17) is 16.3 Å². The predicted octanol–water partition coefficient (Wildman–Crippen LogP) is 5.44. The first kappa shape index (κ1) is 30.7. The lowest BCUT2D eigenvalue weighted by molar-refractivity contribution is -0.139. The number of carbonyl (C=O) groups is 3. The summed E-state index contributed by atoms with van der Waals surface area (Å²) in [5, 5.41) is 3.02. The lowest BCUT2D eigenvalue weighted by atomic mass is 10.1. The number of hydrogen-bond donors (Lipinski definition) is 1. The number of alkyl halides is 1. The van der Waals surface area contributed by atoms with Gasteiger partial charge < -0.3 is 19.5 Å². The zero-order chi connectivity index (χ0) is 31.5. The third kappa shape index (κ3) is 6.29. The molecule has 1 aliphatic heterocycles. The van der Waals surface area contributed by atoms with Gasteiger partial charge in [-0.2, -0.15) is 0 Å². The maximum Gasteiger partial charge on any atom is 0.243 e. The fourth-order valence-electron chi connectivity index (χ4n) is 5.22. The van der Waals surface area contributed by atoms with Crippen molar-refractivity contribution < 1.29 is 32.3 Å². The minimum Gasteiger partial charge on any atom is -0.494 e. The fourth-order valence-corrected chi connectivity index (χ4v) is 5.42. The second-order valence-electron chi connectivity index (χ2n) is 10.4. The van der Waals surface area contributed by atoms with Crippen molar-refractivity contribution in [2.24, 2.45) is 0 Å². The molecule has 226 valence electrons. The van der Waals surface area contributed by atoms with Crippen LogP contribution in [0.5, 0.6) is 5.75 Å². The molecule has 0 saturated carbocycles. The Labute approximate surface area is 256 Å². The number of ether oxygens (including phenoxy) is 1. The predicted molar refractivity (Wildman–Crippen MR) is 159 cm³/mol. The molecule has 2 atom stereocenters. The summed E-state index contributed by atoms with van der Waals surface area (Å²) < 4.78 is 49.8. The summed E-state index contributed by atoms with van der Waals surface area (Å²) in [6, 6.07) is 13.0. The lowest BCUT2D eigenvalue weighted by Gasteiger charge is -2.24. The Hall–Kier alpha value is -4.75. The molecule has 1 aromatic heterocycles. The molecule has 5 rings (SSSR count). The van der Waals surface area contributed by atoms with Gasteiger partial charge in [0.25, 0.3) is 0 Å². The maximum atomic E-state index is 14.5. The number of benzene rings is 3. The molecular weight excluding hydrogens is 595 g/mol. The van der Waals surface area contributed by atoms with Gasteiger partial charge in [-0.25, -0.2) is 13.2 Å². The number of likely N-dealkylation sites (tertiary alicyclic amines) is 1. The molecule has 4 aromatic rings. The summed E-state index contributed by atoms with van der Waals surface area (Å²) in [4.78, 5) is 40.0. The van der Waals surface area contributed by atoms with Crippen LogP contribution in [0.4, 0.5) is 13.2 Å². The molecule has 2 amide bonds. The van der Waals surface area contributed by atoms with E-state index in [1.807, 2.05) is 0 Å². The van der Waals surface area contributed by atoms with E-state index < -0.39 is 35.7 Å². The molecule has 1 N–H and O–H groups in total. The number of nitrogens with one attached hydrogen (secondary N) is 1. The monoisotopic (exact) mass is 621 g/mol. The highest BCUT2D eigenvalue weighted by Gasteiger charge is 2.39. The van der Waals surface area contributed by atoms with Gasteiger partial charge in [0.2, 0.25) is 11.8 Å². The number of nitrogens with zero attached hydrogens (tertiary/aromatic N) is 2. The molecule has 7 nitrogen and oxygen atoms in total. The van der Waals surface area contributed by atoms with Gasteiger partial charge in [0.1, 0.15) is 24.6 Å². The van der Waals surface area contributed by atoms with Gasteiger partial charge in [-0.1, -0.05) is 41.6 Å². The fraction of sp³-hybridized carbons (Fsp3) is 0.242. The molecule has 0 bridgehead atoms. The van der Waals surface area contributed by atoms with Crippen molar-refractivity contribution in [2.75, 3.05) is 13.7 Å². The van der Waals surface area contributed by atoms with E-state index in [2.05, 4.69) is 17.2 Å². The molecule has 0 unspecified atom stereocenters. The van der Waals surface area contributed by atoms with Crippen molar-refractivity contribution in [1.82, 2.24) is 14.8 Å². The number of Topliss-reactive ketones (excluding diaryl/α,β-unsaturated/α-hetero) is 1. The van der Waals surface area contributed by atoms with Crippen molar-refractivity contribution in [2.45, 2.75) is 38.6 Å². The highest BCUT2D eigenvalue weighted by molar-refractivity contribution is 6.30. The minimum absolute atomic E-state index is 0.0691. The number of fused-ring (bicyclic) bond motifs is 1. The maximum absolute atomic E-state index is 14.5. The Kier molecular flexibility index (Phi) is 8.97. The normalized spacial score (nSPS) is 16.0. The first-order chi connectivity index (χ1) is 21.1. The Morgan fingerprint density at radius 3 is 2.59 bits per heavy atom. The smallest absolute Gasteiger partial charge is 0.243 e. The SMILES string of the molecule is COc1cccc(C#Cc2ccc3c(c2)c(C(C)=O)cn3CC(=O)N2C[C@H](F)C[C@H]2C(=O)NCc2cccc(Cl)c2F)c1F. The van der Waals surface area contributed by atoms with E-state index in [0.717, 1.165) is 4.90 Å². The summed E-state index contributed by atoms with van der Waals surface area (Å²) in [6.45, 7) is 0.674. The van der Waals surface area contributed by atoms with Crippen LogP contribution in [-0.4, -0.2) is 52.9 Å². The van der Waals surface area contributed by atoms with Crippen molar-refractivity contribution >= 4 is 40.1 Å². The van der Waals surface area contributed by atoms with Crippen LogP contribution in [0.15, 0.2) is 60.8 Å². The molecule has 0 radical (unpaired) electrons. The van der Waals surface area contributed by atoms with Crippen molar-refractivity contribution in [3.63, 3.8) is 0 Å². The van der Waals surface area contributed by atoms with Gasteiger partial charge in [-0.15, -0.1) is 0 Å². The van der Waals surface area contributed by atoms with Crippen molar-refractivity contribution in [1.29, 1.82) is 0 Å². The number of rotatable bonds is 7. The van der Waals surface area contributed by atoms with Gasteiger partial charge in [-0.3, -0.25) is 14.4 Å². The summed E-state index contributed by atoms with van der Waals surface area (Å²) in [7, 11) is 1.36. The van der Waals surface area contributed by atoms with E-state index in [-0.39, 0.29) is 53.7 Å². The van der Waals surface area contributed by atoms with Crippen molar-refractivity contribution in [3.05, 3.63) is 99.7 Å². The van der Waals surface area contributed by atoms with E-state index in [9.17, 15) is 27.6 Å². The summed E-state index contributed by atoms with van der Waals surface area (Å²) >= 11 is 5.81. The van der Waals surface area contributed by atoms with Crippen LogP contribution in [-0.2, 0) is 22.7 Å². The molecule has 44 heavy (non-hydrogen) atoms. The largest absolute Gasteiger partial charge is 0.494 e. The summed E-state index contributed by atoms with van der Waals surface area (Å²) in [5.74, 6) is 3.11. The number of hydrogen-bond acceptors (Lipinski definition) is 4. The number of carbonyl (C=O) groups excluding carboxylic acids is 3. The number of amides is 2. The summed E-state index contributed by atoms with van der Waals surface area (Å²) in [6.07, 6.45) is -0.0807. The van der Waals surface area contributed by atoms with Crippen LogP contribution in [0.25, 0.3) is 10.9 Å². The topological polar surface area (TPSA) is 80.6 Å². The summed E-state index contributed by atoms with van der Waals surface area (Å²) in [5.41, 5.74) is 1.71. The third-order valence-corrected chi connectivity index (χ3v) is 7.74. The standard InChI is InChI=1S/C33H27ClF3N3O4/c1-19(41)25-17-39(27-12-10-20(13-24(25)27)9-11-21-5-4-8-29(44-2)32(21)37)18-30(42)40-16-23(35)14-28(40)33(43)38-15-22-6-3-7-26(34)31(22)36/h3-8,10,12-13,17,23,28H,14-16,18H2,1-2H3,(H,38,43)/t23-,28+/m1/s1. The number of aromatic nitrogens is 1. The molecular formula is C33H27ClF3N3O4. The number of methoxy groups -OCH3 is 1. The van der Waals surface area contributed by atoms with E-state index in [1.54, 1.807) is 34.9 Å².